The number of carbonyl (C=O) groups is 1. The fraction of sp³-hybridized carbons (Fsp3) is 0.500. The van der Waals surface area contributed by atoms with Gasteiger partial charge in [-0.25, -0.2) is 4.98 Å². The molecule has 4 rings (SSSR count). The molecule has 0 bridgehead atoms. The van der Waals surface area contributed by atoms with Crippen molar-refractivity contribution in [2.24, 2.45) is 0 Å². The Labute approximate surface area is 149 Å². The van der Waals surface area contributed by atoms with Gasteiger partial charge in [0.1, 0.15) is 5.82 Å². The van der Waals surface area contributed by atoms with Crippen LogP contribution in [0, 0.1) is 0 Å². The van der Waals surface area contributed by atoms with Crippen molar-refractivity contribution in [3.05, 3.63) is 53.6 Å². The summed E-state index contributed by atoms with van der Waals surface area (Å²) in [4.78, 5) is 25.2. The number of piperidine rings is 1. The van der Waals surface area contributed by atoms with Gasteiger partial charge in [-0.2, -0.15) is 0 Å². The fourth-order valence-corrected chi connectivity index (χ4v) is 4.09. The molecule has 0 aliphatic carbocycles. The Morgan fingerprint density at radius 3 is 2.80 bits per heavy atom. The number of likely N-dealkylation sites (tertiary alicyclic amines) is 2. The molecule has 132 valence electrons. The van der Waals surface area contributed by atoms with Crippen molar-refractivity contribution < 1.29 is 4.79 Å². The number of hydrogen-bond donors (Lipinski definition) is 1. The lowest BCUT2D eigenvalue weighted by Crippen LogP contribution is -2.39. The van der Waals surface area contributed by atoms with Crippen LogP contribution >= 0.6 is 0 Å². The number of imidazole rings is 1. The lowest BCUT2D eigenvalue weighted by Gasteiger charge is -2.34. The van der Waals surface area contributed by atoms with Gasteiger partial charge in [0.05, 0.1) is 6.04 Å². The minimum atomic E-state index is 0.0680. The maximum atomic E-state index is 13.2. The van der Waals surface area contributed by atoms with Crippen molar-refractivity contribution in [1.29, 1.82) is 0 Å². The molecular weight excluding hydrogens is 312 g/mol. The Kier molecular flexibility index (Phi) is 4.83. The zero-order valence-corrected chi connectivity index (χ0v) is 14.7. The average molecular weight is 338 g/mol. The van der Waals surface area contributed by atoms with E-state index < -0.39 is 0 Å². The summed E-state index contributed by atoms with van der Waals surface area (Å²) in [5.74, 6) is 1.03. The molecule has 0 unspecified atom stereocenters. The molecule has 0 saturated carbocycles. The van der Waals surface area contributed by atoms with Gasteiger partial charge in [-0.05, 0) is 62.9 Å². The second-order valence-corrected chi connectivity index (χ2v) is 7.17. The molecule has 3 heterocycles. The standard InChI is InChI=1S/C20H26N4O/c25-20(24-13-2-1-8-18(24)19-21-9-10-22-19)17-7-5-6-16(14-17)15-23-11-3-4-12-23/h5-7,9-10,14,18H,1-4,8,11-13,15H2,(H,21,22)/t18-/m0/s1. The minimum Gasteiger partial charge on any atom is -0.347 e. The number of hydrogen-bond acceptors (Lipinski definition) is 3. The molecule has 1 aromatic carbocycles. The van der Waals surface area contributed by atoms with Crippen LogP contribution in [0.15, 0.2) is 36.7 Å². The van der Waals surface area contributed by atoms with E-state index in [0.29, 0.717) is 0 Å². The van der Waals surface area contributed by atoms with Crippen molar-refractivity contribution in [1.82, 2.24) is 19.8 Å². The van der Waals surface area contributed by atoms with Gasteiger partial charge >= 0.3 is 0 Å². The Balaban J connectivity index is 1.52. The average Bonchev–Trinajstić information content (AvgIpc) is 3.35. The van der Waals surface area contributed by atoms with E-state index in [9.17, 15) is 4.79 Å². The highest BCUT2D eigenvalue weighted by atomic mass is 16.2. The van der Waals surface area contributed by atoms with Gasteiger partial charge < -0.3 is 9.88 Å². The lowest BCUT2D eigenvalue weighted by atomic mass is 9.99. The first-order valence-corrected chi connectivity index (χ1v) is 9.43. The highest BCUT2D eigenvalue weighted by molar-refractivity contribution is 5.94. The number of rotatable bonds is 4. The lowest BCUT2D eigenvalue weighted by molar-refractivity contribution is 0.0601. The summed E-state index contributed by atoms with van der Waals surface area (Å²) in [6, 6.07) is 8.25. The van der Waals surface area contributed by atoms with Crippen LogP contribution in [0.5, 0.6) is 0 Å². The van der Waals surface area contributed by atoms with Crippen molar-refractivity contribution in [3.8, 4) is 0 Å². The van der Waals surface area contributed by atoms with Crippen LogP contribution in [0.1, 0.15) is 59.9 Å². The molecule has 2 aromatic rings. The van der Waals surface area contributed by atoms with E-state index in [1.807, 2.05) is 23.2 Å². The Bertz CT molecular complexity index is 706. The van der Waals surface area contributed by atoms with Crippen LogP contribution in [0.2, 0.25) is 0 Å². The number of amides is 1. The molecule has 1 atom stereocenters. The molecule has 5 heteroatoms. The summed E-state index contributed by atoms with van der Waals surface area (Å²) in [7, 11) is 0. The van der Waals surface area contributed by atoms with Crippen molar-refractivity contribution >= 4 is 5.91 Å². The third-order valence-electron chi connectivity index (χ3n) is 5.38. The highest BCUT2D eigenvalue weighted by Crippen LogP contribution is 2.30. The summed E-state index contributed by atoms with van der Waals surface area (Å²) in [5.41, 5.74) is 2.04. The number of H-pyrrole nitrogens is 1. The molecule has 1 N–H and O–H groups in total. The highest BCUT2D eigenvalue weighted by Gasteiger charge is 2.30. The number of nitrogens with zero attached hydrogens (tertiary/aromatic N) is 3. The number of aromatic amines is 1. The van der Waals surface area contributed by atoms with Gasteiger partial charge in [0, 0.05) is 31.0 Å². The number of aromatic nitrogens is 2. The molecule has 1 amide bonds. The van der Waals surface area contributed by atoms with Crippen molar-refractivity contribution in [2.45, 2.75) is 44.7 Å². The van der Waals surface area contributed by atoms with Gasteiger partial charge in [-0.1, -0.05) is 12.1 Å². The first-order chi connectivity index (χ1) is 12.3. The summed E-state index contributed by atoms with van der Waals surface area (Å²) in [6.07, 6.45) is 9.37. The van der Waals surface area contributed by atoms with Crippen LogP contribution < -0.4 is 0 Å². The van der Waals surface area contributed by atoms with E-state index >= 15 is 0 Å². The van der Waals surface area contributed by atoms with Gasteiger partial charge in [0.2, 0.25) is 0 Å². The maximum absolute atomic E-state index is 13.2. The van der Waals surface area contributed by atoms with E-state index in [1.54, 1.807) is 6.20 Å². The summed E-state index contributed by atoms with van der Waals surface area (Å²) in [6.45, 7) is 4.10. The number of benzene rings is 1. The Hall–Kier alpha value is -2.14. The van der Waals surface area contributed by atoms with E-state index in [1.165, 1.54) is 31.5 Å². The monoisotopic (exact) mass is 338 g/mol. The zero-order valence-electron chi connectivity index (χ0n) is 14.7. The Morgan fingerprint density at radius 2 is 2.00 bits per heavy atom. The van der Waals surface area contributed by atoms with Crippen LogP contribution in [-0.4, -0.2) is 45.3 Å². The number of nitrogens with one attached hydrogen (secondary N) is 1. The smallest absolute Gasteiger partial charge is 0.254 e. The fourth-order valence-electron chi connectivity index (χ4n) is 4.09. The molecule has 2 aliphatic rings. The summed E-state index contributed by atoms with van der Waals surface area (Å²) in [5, 5.41) is 0. The van der Waals surface area contributed by atoms with Crippen LogP contribution in [0.4, 0.5) is 0 Å². The largest absolute Gasteiger partial charge is 0.347 e. The Morgan fingerprint density at radius 1 is 1.16 bits per heavy atom. The van der Waals surface area contributed by atoms with E-state index in [0.717, 1.165) is 43.7 Å². The van der Waals surface area contributed by atoms with Gasteiger partial charge in [-0.3, -0.25) is 9.69 Å². The van der Waals surface area contributed by atoms with Gasteiger partial charge in [-0.15, -0.1) is 0 Å². The van der Waals surface area contributed by atoms with E-state index in [-0.39, 0.29) is 11.9 Å². The van der Waals surface area contributed by atoms with E-state index in [4.69, 9.17) is 0 Å². The minimum absolute atomic E-state index is 0.0680. The molecule has 2 aliphatic heterocycles. The normalized spacial score (nSPS) is 21.6. The predicted octanol–water partition coefficient (Wildman–Crippen LogP) is 3.37. The predicted molar refractivity (Wildman–Crippen MR) is 97.2 cm³/mol. The van der Waals surface area contributed by atoms with Crippen LogP contribution in [0.3, 0.4) is 0 Å². The third-order valence-corrected chi connectivity index (χ3v) is 5.38. The molecule has 0 spiro atoms. The summed E-state index contributed by atoms with van der Waals surface area (Å²) >= 11 is 0. The van der Waals surface area contributed by atoms with E-state index in [2.05, 4.69) is 27.0 Å². The zero-order chi connectivity index (χ0) is 17.1. The molecular formula is C20H26N4O. The molecule has 2 fully saturated rings. The first kappa shape index (κ1) is 16.3. The first-order valence-electron chi connectivity index (χ1n) is 9.43. The summed E-state index contributed by atoms with van der Waals surface area (Å²) < 4.78 is 0. The third kappa shape index (κ3) is 3.61. The van der Waals surface area contributed by atoms with Crippen molar-refractivity contribution in [3.63, 3.8) is 0 Å². The second kappa shape index (κ2) is 7.40. The molecule has 25 heavy (non-hydrogen) atoms. The van der Waals surface area contributed by atoms with Crippen LogP contribution in [-0.2, 0) is 6.54 Å². The topological polar surface area (TPSA) is 52.2 Å². The molecule has 2 saturated heterocycles. The number of carbonyl (C=O) groups excluding carboxylic acids is 1. The molecule has 5 nitrogen and oxygen atoms in total. The molecule has 1 aromatic heterocycles. The maximum Gasteiger partial charge on any atom is 0.254 e. The molecule has 0 radical (unpaired) electrons. The van der Waals surface area contributed by atoms with Gasteiger partial charge in [0.15, 0.2) is 0 Å². The van der Waals surface area contributed by atoms with Gasteiger partial charge in [0.25, 0.3) is 5.91 Å². The second-order valence-electron chi connectivity index (χ2n) is 7.17. The van der Waals surface area contributed by atoms with Crippen molar-refractivity contribution in [2.75, 3.05) is 19.6 Å². The quantitative estimate of drug-likeness (QED) is 0.930. The van der Waals surface area contributed by atoms with Crippen LogP contribution in [0.25, 0.3) is 0 Å². The SMILES string of the molecule is O=C(c1cccc(CN2CCCC2)c1)N1CCCC[C@H]1c1ncc[nH]1.